The van der Waals surface area contributed by atoms with E-state index in [4.69, 9.17) is 4.74 Å². The predicted octanol–water partition coefficient (Wildman–Crippen LogP) is 7.82. The van der Waals surface area contributed by atoms with Gasteiger partial charge in [0.05, 0.1) is 0 Å². The maximum absolute atomic E-state index is 6.93. The van der Waals surface area contributed by atoms with E-state index in [1.54, 1.807) is 0 Å². The Morgan fingerprint density at radius 2 is 1.95 bits per heavy atom. The van der Waals surface area contributed by atoms with Gasteiger partial charge in [-0.25, -0.2) is 0 Å². The molecule has 0 spiro atoms. The van der Waals surface area contributed by atoms with Crippen molar-refractivity contribution in [2.75, 3.05) is 13.6 Å². The van der Waals surface area contributed by atoms with E-state index in [0.29, 0.717) is 33.6 Å². The fourth-order valence-corrected chi connectivity index (χ4v) is 8.00. The summed E-state index contributed by atoms with van der Waals surface area (Å²) in [6.07, 6.45) is 12.8. The van der Waals surface area contributed by atoms with Crippen LogP contribution in [0.15, 0.2) is 48.2 Å². The Bertz CT molecular complexity index is 1020. The first-order valence-corrected chi connectivity index (χ1v) is 16.1. The molecule has 3 nitrogen and oxygen atoms in total. The summed E-state index contributed by atoms with van der Waals surface area (Å²) in [5.41, 5.74) is 2.99. The van der Waals surface area contributed by atoms with Crippen molar-refractivity contribution < 1.29 is 4.74 Å². The molecule has 4 aliphatic rings. The van der Waals surface area contributed by atoms with E-state index in [0.717, 1.165) is 30.0 Å². The highest BCUT2D eigenvalue weighted by molar-refractivity contribution is 14.1. The zero-order valence-electron chi connectivity index (χ0n) is 24.1. The summed E-state index contributed by atoms with van der Waals surface area (Å²) >= 11 is 2.62. The molecule has 2 aliphatic heterocycles. The van der Waals surface area contributed by atoms with Crippen LogP contribution in [0.2, 0.25) is 0 Å². The monoisotopic (exact) mass is 616 g/mol. The van der Waals surface area contributed by atoms with Crippen molar-refractivity contribution >= 4 is 22.6 Å². The van der Waals surface area contributed by atoms with Crippen molar-refractivity contribution in [1.29, 1.82) is 0 Å². The number of benzene rings is 1. The number of alkyl halides is 1. The largest absolute Gasteiger partial charge is 0.489 e. The topological polar surface area (TPSA) is 24.5 Å². The SMILES string of the molecule is CC1=CC(CC2CC2NCC(I)C(C)C)C(C2(C)CC(CC(C)C)C=CN2C)C2Oc3ccccc3C12. The van der Waals surface area contributed by atoms with Crippen molar-refractivity contribution in [3.8, 4) is 5.75 Å². The lowest BCUT2D eigenvalue weighted by atomic mass is 9.60. The van der Waals surface area contributed by atoms with Gasteiger partial charge in [-0.05, 0) is 81.4 Å². The van der Waals surface area contributed by atoms with E-state index in [1.165, 1.54) is 36.8 Å². The zero-order valence-corrected chi connectivity index (χ0v) is 26.2. The molecule has 1 aromatic rings. The fourth-order valence-electron chi connectivity index (χ4n) is 7.75. The predicted molar refractivity (Wildman–Crippen MR) is 164 cm³/mol. The first-order valence-electron chi connectivity index (χ1n) is 14.8. The highest BCUT2D eigenvalue weighted by atomic mass is 127. The molecular weight excluding hydrogens is 567 g/mol. The molecule has 204 valence electrons. The molecule has 1 fully saturated rings. The summed E-state index contributed by atoms with van der Waals surface area (Å²) in [6.45, 7) is 15.5. The number of nitrogens with one attached hydrogen (secondary N) is 1. The van der Waals surface area contributed by atoms with Crippen LogP contribution in [-0.4, -0.2) is 40.1 Å². The third-order valence-corrected chi connectivity index (χ3v) is 11.9. The van der Waals surface area contributed by atoms with Gasteiger partial charge in [-0.1, -0.05) is 86.2 Å². The number of para-hydroxylation sites is 1. The maximum atomic E-state index is 6.93. The second kappa shape index (κ2) is 10.9. The van der Waals surface area contributed by atoms with Crippen LogP contribution >= 0.6 is 22.6 Å². The lowest BCUT2D eigenvalue weighted by Gasteiger charge is -2.54. The van der Waals surface area contributed by atoms with E-state index in [-0.39, 0.29) is 11.6 Å². The lowest BCUT2D eigenvalue weighted by molar-refractivity contribution is -0.0251. The van der Waals surface area contributed by atoms with Gasteiger partial charge in [-0.2, -0.15) is 0 Å². The van der Waals surface area contributed by atoms with Gasteiger partial charge in [0, 0.05) is 46.5 Å². The average Bonchev–Trinajstić information content (AvgIpc) is 3.45. The molecule has 0 radical (unpaired) electrons. The minimum absolute atomic E-state index is 0.0733. The van der Waals surface area contributed by atoms with Crippen LogP contribution in [0.1, 0.15) is 78.7 Å². The molecule has 2 aliphatic carbocycles. The van der Waals surface area contributed by atoms with Crippen LogP contribution in [0, 0.1) is 35.5 Å². The van der Waals surface area contributed by atoms with Crippen molar-refractivity contribution in [2.24, 2.45) is 35.5 Å². The Morgan fingerprint density at radius 1 is 1.19 bits per heavy atom. The fraction of sp³-hybridized carbons (Fsp3) is 0.697. The van der Waals surface area contributed by atoms with Gasteiger partial charge in [0.25, 0.3) is 0 Å². The molecule has 0 bridgehead atoms. The zero-order chi connectivity index (χ0) is 26.5. The summed E-state index contributed by atoms with van der Waals surface area (Å²) in [5.74, 6) is 5.38. The Balaban J connectivity index is 1.42. The Morgan fingerprint density at radius 3 is 2.68 bits per heavy atom. The highest BCUT2D eigenvalue weighted by Gasteiger charge is 2.56. The number of fused-ring (bicyclic) bond motifs is 3. The minimum Gasteiger partial charge on any atom is -0.489 e. The quantitative estimate of drug-likeness (QED) is 0.174. The van der Waals surface area contributed by atoms with Crippen LogP contribution < -0.4 is 10.1 Å². The van der Waals surface area contributed by atoms with Crippen molar-refractivity contribution in [3.63, 3.8) is 0 Å². The minimum atomic E-state index is 0.0733. The smallest absolute Gasteiger partial charge is 0.123 e. The molecule has 4 heteroatoms. The molecule has 1 aromatic carbocycles. The first kappa shape index (κ1) is 27.6. The number of halogens is 1. The van der Waals surface area contributed by atoms with E-state index < -0.39 is 0 Å². The Labute approximate surface area is 240 Å². The highest BCUT2D eigenvalue weighted by Crippen LogP contribution is 2.56. The lowest BCUT2D eigenvalue weighted by Crippen LogP contribution is -2.59. The molecule has 5 rings (SSSR count). The van der Waals surface area contributed by atoms with Crippen molar-refractivity contribution in [3.05, 3.63) is 53.8 Å². The number of nitrogens with zero attached hydrogens (tertiary/aromatic N) is 1. The maximum Gasteiger partial charge on any atom is 0.123 e. The van der Waals surface area contributed by atoms with Gasteiger partial charge in [0.1, 0.15) is 11.9 Å². The molecule has 37 heavy (non-hydrogen) atoms. The number of ether oxygens (including phenoxy) is 1. The van der Waals surface area contributed by atoms with Gasteiger partial charge in [0.15, 0.2) is 0 Å². The summed E-state index contributed by atoms with van der Waals surface area (Å²) in [7, 11) is 2.31. The van der Waals surface area contributed by atoms with E-state index in [1.807, 2.05) is 0 Å². The summed E-state index contributed by atoms with van der Waals surface area (Å²) in [5, 5.41) is 3.91. The van der Waals surface area contributed by atoms with Crippen LogP contribution in [-0.2, 0) is 0 Å². The molecule has 0 aromatic heterocycles. The third-order valence-electron chi connectivity index (χ3n) is 9.98. The second-order valence-electron chi connectivity index (χ2n) is 13.6. The van der Waals surface area contributed by atoms with E-state index >= 15 is 0 Å². The summed E-state index contributed by atoms with van der Waals surface area (Å²) in [6, 6.07) is 9.51. The Kier molecular flexibility index (Phi) is 8.09. The third kappa shape index (κ3) is 5.53. The van der Waals surface area contributed by atoms with E-state index in [9.17, 15) is 0 Å². The van der Waals surface area contributed by atoms with Crippen LogP contribution in [0.4, 0.5) is 0 Å². The van der Waals surface area contributed by atoms with Gasteiger partial charge < -0.3 is 15.0 Å². The molecule has 9 atom stereocenters. The first-order chi connectivity index (χ1) is 17.6. The molecule has 1 saturated carbocycles. The molecule has 2 heterocycles. The van der Waals surface area contributed by atoms with Gasteiger partial charge in [0.2, 0.25) is 0 Å². The normalized spacial score (nSPS) is 37.3. The number of allylic oxidation sites excluding steroid dienone is 2. The number of hydrogen-bond donors (Lipinski definition) is 1. The molecule has 0 amide bonds. The van der Waals surface area contributed by atoms with Gasteiger partial charge in [-0.3, -0.25) is 0 Å². The van der Waals surface area contributed by atoms with Crippen LogP contribution in [0.5, 0.6) is 5.75 Å². The average molecular weight is 617 g/mol. The molecule has 1 N–H and O–H groups in total. The van der Waals surface area contributed by atoms with Crippen LogP contribution in [0.3, 0.4) is 0 Å². The summed E-state index contributed by atoms with van der Waals surface area (Å²) < 4.78 is 7.64. The van der Waals surface area contributed by atoms with Crippen molar-refractivity contribution in [2.45, 2.75) is 94.8 Å². The van der Waals surface area contributed by atoms with E-state index in [2.05, 4.69) is 124 Å². The molecule has 9 unspecified atom stereocenters. The molecular formula is C33H49IN2O. The van der Waals surface area contributed by atoms with Gasteiger partial charge in [-0.15, -0.1) is 0 Å². The van der Waals surface area contributed by atoms with Crippen molar-refractivity contribution in [1.82, 2.24) is 10.2 Å². The Hall–Kier alpha value is -1.01. The number of hydrogen-bond acceptors (Lipinski definition) is 3. The molecule has 0 saturated heterocycles. The second-order valence-corrected chi connectivity index (χ2v) is 15.2. The standard InChI is InChI=1S/C33H49IN2O/c1-20(2)14-23-12-13-36(7)33(6,18-23)31-25(16-24-17-28(24)35-19-27(34)21(3)4)15-22(5)30-26-10-8-9-11-29(26)37-32(30)31/h8-13,15,20-21,23-25,27-28,30-32,35H,14,16-19H2,1-7H3. The van der Waals surface area contributed by atoms with Gasteiger partial charge >= 0.3 is 0 Å². The summed E-state index contributed by atoms with van der Waals surface area (Å²) in [4.78, 5) is 2.55. The van der Waals surface area contributed by atoms with Crippen LogP contribution in [0.25, 0.3) is 0 Å². The number of rotatable bonds is 9.